The highest BCUT2D eigenvalue weighted by molar-refractivity contribution is 7.20. The molecule has 7 heteroatoms. The molecule has 0 aliphatic carbocycles. The number of rotatable bonds is 10. The van der Waals surface area contributed by atoms with E-state index >= 15 is 0 Å². The van der Waals surface area contributed by atoms with E-state index in [0.29, 0.717) is 17.5 Å². The Morgan fingerprint density at radius 3 is 2.47 bits per heavy atom. The number of pyridine rings is 1. The molecule has 0 spiro atoms. The quantitative estimate of drug-likeness (QED) is 0.156. The van der Waals surface area contributed by atoms with Gasteiger partial charge in [0.25, 0.3) is 0 Å². The number of hydrogen-bond acceptors (Lipinski definition) is 6. The van der Waals surface area contributed by atoms with Crippen molar-refractivity contribution in [1.29, 1.82) is 0 Å². The number of allylic oxidation sites excluding steroid dienone is 3. The third-order valence-corrected chi connectivity index (χ3v) is 5.68. The van der Waals surface area contributed by atoms with E-state index in [2.05, 4.69) is 29.9 Å². The number of ether oxygens (including phenoxy) is 1. The molecule has 0 bridgehead atoms. The molecule has 0 N–H and O–H groups in total. The predicted molar refractivity (Wildman–Crippen MR) is 151 cm³/mol. The topological polar surface area (TPSA) is 58.0 Å². The molecular formula is C27H44N4O2S. The maximum Gasteiger partial charge on any atom is 0.160 e. The molecule has 0 radical (unpaired) electrons. The van der Waals surface area contributed by atoms with Gasteiger partial charge in [-0.05, 0) is 40.2 Å². The highest BCUT2D eigenvalue weighted by atomic mass is 32.1. The van der Waals surface area contributed by atoms with Crippen LogP contribution in [0.15, 0.2) is 41.2 Å². The Labute approximate surface area is 211 Å². The van der Waals surface area contributed by atoms with Gasteiger partial charge in [0.15, 0.2) is 6.29 Å². The lowest BCUT2D eigenvalue weighted by molar-refractivity contribution is 0.102. The number of carbonyl (C=O) groups excluding carboxylic acids is 1. The summed E-state index contributed by atoms with van der Waals surface area (Å²) in [6, 6.07) is 1.97. The smallest absolute Gasteiger partial charge is 0.160 e. The molecule has 0 saturated carbocycles. The lowest BCUT2D eigenvalue weighted by Gasteiger charge is -2.15. The number of carbonyl (C=O) groups is 1. The molecule has 0 atom stereocenters. The Morgan fingerprint density at radius 2 is 1.94 bits per heavy atom. The molecule has 0 aliphatic rings. The van der Waals surface area contributed by atoms with Crippen LogP contribution in [0.3, 0.4) is 0 Å². The van der Waals surface area contributed by atoms with Gasteiger partial charge in [-0.3, -0.25) is 9.79 Å². The summed E-state index contributed by atoms with van der Waals surface area (Å²) in [5, 5.41) is 1.02. The molecule has 190 valence electrons. The van der Waals surface area contributed by atoms with Crippen molar-refractivity contribution in [2.75, 3.05) is 32.6 Å². The van der Waals surface area contributed by atoms with Gasteiger partial charge in [-0.2, -0.15) is 0 Å². The van der Waals surface area contributed by atoms with E-state index in [-0.39, 0.29) is 0 Å². The van der Waals surface area contributed by atoms with E-state index in [4.69, 9.17) is 4.74 Å². The van der Waals surface area contributed by atoms with Gasteiger partial charge in [-0.15, -0.1) is 11.3 Å². The second-order valence-corrected chi connectivity index (χ2v) is 8.77. The number of aliphatic imine (C=N–C) groups is 1. The van der Waals surface area contributed by atoms with Crippen molar-refractivity contribution in [3.8, 4) is 0 Å². The van der Waals surface area contributed by atoms with Crippen LogP contribution in [0.25, 0.3) is 10.2 Å². The van der Waals surface area contributed by atoms with E-state index in [1.54, 1.807) is 6.20 Å². The standard InChI is InChI=1S/C18H24N4OS.C7H14O.C2H6/c1-6-7-13(2)22(5)12-19-10-14-16(11-23)24-18-17(14)15(21(3)4)8-9-20-18;1-4-5-6-8-7(2)3;1-2/h7-9,11-12H,6,10H2,1-5H3;4-5,7H,6H2,1-3H3;1-2H3/b13-7+,19-12?;5-4-;. The average Bonchev–Trinajstić information content (AvgIpc) is 3.18. The minimum atomic E-state index is 0.353. The zero-order valence-corrected chi connectivity index (χ0v) is 23.6. The monoisotopic (exact) mass is 488 g/mol. The van der Waals surface area contributed by atoms with Gasteiger partial charge in [0.2, 0.25) is 0 Å². The van der Waals surface area contributed by atoms with Crippen LogP contribution in [0.4, 0.5) is 5.69 Å². The highest BCUT2D eigenvalue weighted by Crippen LogP contribution is 2.35. The third-order valence-electron chi connectivity index (χ3n) is 4.61. The highest BCUT2D eigenvalue weighted by Gasteiger charge is 2.16. The van der Waals surface area contributed by atoms with Gasteiger partial charge in [-0.25, -0.2) is 4.98 Å². The number of aldehydes is 1. The van der Waals surface area contributed by atoms with Crippen LogP contribution in [-0.4, -0.2) is 56.4 Å². The van der Waals surface area contributed by atoms with Gasteiger partial charge < -0.3 is 14.5 Å². The normalized spacial score (nSPS) is 11.4. The van der Waals surface area contributed by atoms with Crippen LogP contribution in [0, 0.1) is 0 Å². The maximum absolute atomic E-state index is 11.5. The first kappa shape index (κ1) is 31.5. The minimum Gasteiger partial charge on any atom is -0.377 e. The van der Waals surface area contributed by atoms with Crippen molar-refractivity contribution in [3.63, 3.8) is 0 Å². The summed E-state index contributed by atoms with van der Waals surface area (Å²) in [7, 11) is 5.96. The average molecular weight is 489 g/mol. The molecule has 0 fully saturated rings. The van der Waals surface area contributed by atoms with Crippen molar-refractivity contribution in [3.05, 3.63) is 46.6 Å². The van der Waals surface area contributed by atoms with Gasteiger partial charge >= 0.3 is 0 Å². The molecule has 0 aliphatic heterocycles. The number of nitrogens with zero attached hydrogens (tertiary/aromatic N) is 4. The van der Waals surface area contributed by atoms with Crippen LogP contribution in [0.1, 0.15) is 70.1 Å². The van der Waals surface area contributed by atoms with Gasteiger partial charge in [-0.1, -0.05) is 39.0 Å². The largest absolute Gasteiger partial charge is 0.377 e. The fourth-order valence-corrected chi connectivity index (χ4v) is 3.83. The van der Waals surface area contributed by atoms with Gasteiger partial charge in [0.05, 0.1) is 30.5 Å². The fourth-order valence-electron chi connectivity index (χ4n) is 2.84. The Bertz CT molecular complexity index is 930. The van der Waals surface area contributed by atoms with E-state index in [1.807, 2.05) is 90.1 Å². The van der Waals surface area contributed by atoms with Crippen molar-refractivity contribution < 1.29 is 9.53 Å². The van der Waals surface area contributed by atoms with Crippen molar-refractivity contribution >= 4 is 39.9 Å². The summed E-state index contributed by atoms with van der Waals surface area (Å²) in [4.78, 5) is 26.0. The molecule has 0 amide bonds. The van der Waals surface area contributed by atoms with Crippen LogP contribution in [0.2, 0.25) is 0 Å². The first-order valence-electron chi connectivity index (χ1n) is 11.9. The van der Waals surface area contributed by atoms with Crippen LogP contribution < -0.4 is 4.90 Å². The SMILES string of the molecule is C/C=C\COC(C)C.CC.CC/C=C(\C)N(C)C=NCc1c(C=O)sc2nccc(N(C)C)c12. The van der Waals surface area contributed by atoms with Gasteiger partial charge in [0, 0.05) is 49.7 Å². The summed E-state index contributed by atoms with van der Waals surface area (Å²) < 4.78 is 5.20. The zero-order valence-electron chi connectivity index (χ0n) is 22.8. The van der Waals surface area contributed by atoms with Crippen LogP contribution in [-0.2, 0) is 11.3 Å². The summed E-state index contributed by atoms with van der Waals surface area (Å²) in [6.07, 6.45) is 12.0. The predicted octanol–water partition coefficient (Wildman–Crippen LogP) is 6.96. The number of hydrogen-bond donors (Lipinski definition) is 0. The number of fused-ring (bicyclic) bond motifs is 1. The minimum absolute atomic E-state index is 0.353. The molecule has 2 aromatic rings. The third kappa shape index (κ3) is 10.6. The van der Waals surface area contributed by atoms with E-state index in [1.165, 1.54) is 11.3 Å². The van der Waals surface area contributed by atoms with Crippen molar-refractivity contribution in [2.24, 2.45) is 4.99 Å². The molecule has 6 nitrogen and oxygen atoms in total. The number of anilines is 1. The first-order chi connectivity index (χ1) is 16.3. The second-order valence-electron chi connectivity index (χ2n) is 7.74. The van der Waals surface area contributed by atoms with E-state index in [0.717, 1.165) is 46.5 Å². The molecule has 2 aromatic heterocycles. The molecular weight excluding hydrogens is 444 g/mol. The lowest BCUT2D eigenvalue weighted by atomic mass is 10.1. The fraction of sp³-hybridized carbons (Fsp3) is 0.519. The van der Waals surface area contributed by atoms with Gasteiger partial charge in [0.1, 0.15) is 4.83 Å². The van der Waals surface area contributed by atoms with E-state index < -0.39 is 0 Å². The first-order valence-corrected chi connectivity index (χ1v) is 12.7. The molecule has 0 saturated heterocycles. The molecule has 2 heterocycles. The molecule has 0 aromatic carbocycles. The number of thiophene rings is 1. The van der Waals surface area contributed by atoms with Crippen molar-refractivity contribution in [1.82, 2.24) is 9.88 Å². The molecule has 0 unspecified atom stereocenters. The molecule has 2 rings (SSSR count). The zero-order chi connectivity index (χ0) is 26.1. The Morgan fingerprint density at radius 1 is 1.26 bits per heavy atom. The Hall–Kier alpha value is -2.51. The Balaban J connectivity index is 0.000000924. The maximum atomic E-state index is 11.5. The van der Waals surface area contributed by atoms with E-state index in [9.17, 15) is 4.79 Å². The second kappa shape index (κ2) is 17.9. The summed E-state index contributed by atoms with van der Waals surface area (Å²) in [5.41, 5.74) is 3.16. The summed E-state index contributed by atoms with van der Waals surface area (Å²) >= 11 is 1.42. The lowest BCUT2D eigenvalue weighted by Crippen LogP contribution is -2.13. The number of aromatic nitrogens is 1. The summed E-state index contributed by atoms with van der Waals surface area (Å²) in [5.74, 6) is 0. The Kier molecular flexibility index (Phi) is 16.6. The molecule has 34 heavy (non-hydrogen) atoms. The van der Waals surface area contributed by atoms with Crippen LogP contribution in [0.5, 0.6) is 0 Å². The van der Waals surface area contributed by atoms with Crippen LogP contribution >= 0.6 is 11.3 Å². The summed E-state index contributed by atoms with van der Waals surface area (Å²) in [6.45, 7) is 15.4. The van der Waals surface area contributed by atoms with Crippen molar-refractivity contribution in [2.45, 2.75) is 67.5 Å².